The van der Waals surface area contributed by atoms with Gasteiger partial charge in [0.25, 0.3) is 0 Å². The minimum absolute atomic E-state index is 0.270. The fourth-order valence-corrected chi connectivity index (χ4v) is 6.87. The fraction of sp³-hybridized carbons (Fsp3) is 0.500. The standard InChI is InChI=1S/C34H43N5O/c1-34(2,3)33(40)38-21-19-37(20-22-38)17-8-18-39(31-13-6-10-25-11-7-15-36-32(25)31)24-30-29-23-26-9-4-5-12-27(26)28(29)14-16-35-30/h4-5,7,9,11-12,14-16,31H,6,8,10,13,17-24H2,1-3H3. The maximum Gasteiger partial charge on any atom is 0.228 e. The van der Waals surface area contributed by atoms with Crippen LogP contribution in [0, 0.1) is 5.41 Å². The van der Waals surface area contributed by atoms with E-state index in [0.717, 1.165) is 71.5 Å². The molecule has 1 fully saturated rings. The molecule has 6 nitrogen and oxygen atoms in total. The van der Waals surface area contributed by atoms with Gasteiger partial charge in [-0.15, -0.1) is 0 Å². The molecule has 0 radical (unpaired) electrons. The van der Waals surface area contributed by atoms with E-state index < -0.39 is 0 Å². The van der Waals surface area contributed by atoms with E-state index in [1.807, 2.05) is 38.1 Å². The van der Waals surface area contributed by atoms with Crippen LogP contribution >= 0.6 is 0 Å². The fourth-order valence-electron chi connectivity index (χ4n) is 6.87. The molecule has 1 aliphatic heterocycles. The minimum Gasteiger partial charge on any atom is -0.340 e. The number of carbonyl (C=O) groups is 1. The van der Waals surface area contributed by atoms with Crippen molar-refractivity contribution >= 4 is 5.91 Å². The van der Waals surface area contributed by atoms with Gasteiger partial charge in [0.2, 0.25) is 5.91 Å². The Balaban J connectivity index is 1.17. The maximum absolute atomic E-state index is 12.7. The lowest BCUT2D eigenvalue weighted by molar-refractivity contribution is -0.141. The number of fused-ring (bicyclic) bond motifs is 4. The van der Waals surface area contributed by atoms with Gasteiger partial charge in [-0.1, -0.05) is 51.1 Å². The number of hydrogen-bond acceptors (Lipinski definition) is 5. The first kappa shape index (κ1) is 27.1. The van der Waals surface area contributed by atoms with Gasteiger partial charge in [-0.05, 0) is 72.2 Å². The van der Waals surface area contributed by atoms with Gasteiger partial charge >= 0.3 is 0 Å². The van der Waals surface area contributed by atoms with Crippen LogP contribution in [0.2, 0.25) is 0 Å². The summed E-state index contributed by atoms with van der Waals surface area (Å²) in [5.74, 6) is 0.270. The third-order valence-corrected chi connectivity index (χ3v) is 9.00. The van der Waals surface area contributed by atoms with E-state index in [1.54, 1.807) is 0 Å². The van der Waals surface area contributed by atoms with Crippen molar-refractivity contribution in [3.8, 4) is 11.1 Å². The molecule has 3 aromatic rings. The predicted molar refractivity (Wildman–Crippen MR) is 160 cm³/mol. The second-order valence-corrected chi connectivity index (χ2v) is 12.8. The third-order valence-electron chi connectivity index (χ3n) is 9.00. The number of benzene rings is 1. The molecule has 3 heterocycles. The molecule has 1 aromatic carbocycles. The highest BCUT2D eigenvalue weighted by molar-refractivity contribution is 5.81. The quantitative estimate of drug-likeness (QED) is 0.311. The Morgan fingerprint density at radius 3 is 2.58 bits per heavy atom. The summed E-state index contributed by atoms with van der Waals surface area (Å²) in [5, 5.41) is 0. The van der Waals surface area contributed by atoms with Crippen molar-refractivity contribution in [3.63, 3.8) is 0 Å². The van der Waals surface area contributed by atoms with Crippen LogP contribution in [0.1, 0.15) is 74.2 Å². The van der Waals surface area contributed by atoms with Crippen LogP contribution in [-0.4, -0.2) is 69.8 Å². The zero-order chi connectivity index (χ0) is 27.7. The van der Waals surface area contributed by atoms with E-state index in [0.29, 0.717) is 6.04 Å². The third kappa shape index (κ3) is 5.57. The lowest BCUT2D eigenvalue weighted by Gasteiger charge is -2.38. The minimum atomic E-state index is -0.306. The molecule has 40 heavy (non-hydrogen) atoms. The summed E-state index contributed by atoms with van der Waals surface area (Å²) >= 11 is 0. The Kier molecular flexibility index (Phi) is 7.74. The number of rotatable bonds is 7. The summed E-state index contributed by atoms with van der Waals surface area (Å²) in [6.45, 7) is 12.6. The number of aromatic nitrogens is 2. The highest BCUT2D eigenvalue weighted by Crippen LogP contribution is 2.39. The lowest BCUT2D eigenvalue weighted by Crippen LogP contribution is -2.51. The van der Waals surface area contributed by atoms with Crippen molar-refractivity contribution in [2.45, 2.75) is 65.5 Å². The summed E-state index contributed by atoms with van der Waals surface area (Å²) in [4.78, 5) is 29.8. The number of aryl methyl sites for hydroxylation is 1. The molecule has 2 aliphatic carbocycles. The Morgan fingerprint density at radius 1 is 0.950 bits per heavy atom. The molecule has 0 spiro atoms. The van der Waals surface area contributed by atoms with Crippen molar-refractivity contribution in [2.75, 3.05) is 39.3 Å². The van der Waals surface area contributed by atoms with Gasteiger partial charge in [0.05, 0.1) is 17.4 Å². The van der Waals surface area contributed by atoms with E-state index in [4.69, 9.17) is 9.97 Å². The molecular formula is C34H43N5O. The normalized spacial score (nSPS) is 18.9. The predicted octanol–water partition coefficient (Wildman–Crippen LogP) is 5.51. The average Bonchev–Trinajstić information content (AvgIpc) is 3.36. The number of amides is 1. The summed E-state index contributed by atoms with van der Waals surface area (Å²) < 4.78 is 0. The molecule has 2 aromatic heterocycles. The first-order valence-electron chi connectivity index (χ1n) is 15.1. The number of piperazine rings is 1. The molecule has 3 aliphatic rings. The zero-order valence-corrected chi connectivity index (χ0v) is 24.4. The largest absolute Gasteiger partial charge is 0.340 e. The average molecular weight is 538 g/mol. The molecule has 0 saturated carbocycles. The Labute approximate surface area is 239 Å². The summed E-state index contributed by atoms with van der Waals surface area (Å²) in [6.07, 6.45) is 9.50. The summed E-state index contributed by atoms with van der Waals surface area (Å²) in [5.41, 5.74) is 9.09. The zero-order valence-electron chi connectivity index (χ0n) is 24.4. The molecule has 0 N–H and O–H groups in total. The topological polar surface area (TPSA) is 52.6 Å². The molecule has 6 heteroatoms. The van der Waals surface area contributed by atoms with E-state index >= 15 is 0 Å². The van der Waals surface area contributed by atoms with Gasteiger partial charge in [0.15, 0.2) is 0 Å². The summed E-state index contributed by atoms with van der Waals surface area (Å²) in [7, 11) is 0. The van der Waals surface area contributed by atoms with Gasteiger partial charge in [-0.2, -0.15) is 0 Å². The van der Waals surface area contributed by atoms with E-state index in [2.05, 4.69) is 52.3 Å². The van der Waals surface area contributed by atoms with Crippen molar-refractivity contribution in [3.05, 3.63) is 82.9 Å². The second-order valence-electron chi connectivity index (χ2n) is 12.8. The first-order chi connectivity index (χ1) is 19.4. The van der Waals surface area contributed by atoms with Crippen molar-refractivity contribution in [2.24, 2.45) is 5.41 Å². The van der Waals surface area contributed by atoms with Crippen molar-refractivity contribution in [1.82, 2.24) is 24.7 Å². The van der Waals surface area contributed by atoms with Gasteiger partial charge < -0.3 is 4.90 Å². The van der Waals surface area contributed by atoms with Crippen LogP contribution in [0.3, 0.4) is 0 Å². The monoisotopic (exact) mass is 537 g/mol. The van der Waals surface area contributed by atoms with E-state index in [9.17, 15) is 4.79 Å². The van der Waals surface area contributed by atoms with Crippen LogP contribution in [0.25, 0.3) is 11.1 Å². The number of pyridine rings is 2. The van der Waals surface area contributed by atoms with Gasteiger partial charge in [0, 0.05) is 63.5 Å². The first-order valence-corrected chi connectivity index (χ1v) is 15.1. The number of carbonyl (C=O) groups excluding carboxylic acids is 1. The van der Waals surface area contributed by atoms with Crippen LogP contribution in [0.4, 0.5) is 0 Å². The Hall–Kier alpha value is -3.09. The van der Waals surface area contributed by atoms with Crippen LogP contribution < -0.4 is 0 Å². The molecule has 1 saturated heterocycles. The smallest absolute Gasteiger partial charge is 0.228 e. The van der Waals surface area contributed by atoms with Crippen molar-refractivity contribution < 1.29 is 4.79 Å². The summed E-state index contributed by atoms with van der Waals surface area (Å²) in [6, 6.07) is 15.7. The van der Waals surface area contributed by atoms with Crippen LogP contribution in [0.15, 0.2) is 54.9 Å². The Morgan fingerprint density at radius 2 is 1.75 bits per heavy atom. The highest BCUT2D eigenvalue weighted by atomic mass is 16.2. The molecule has 1 amide bonds. The molecule has 0 bridgehead atoms. The molecule has 6 rings (SSSR count). The second kappa shape index (κ2) is 11.4. The maximum atomic E-state index is 12.7. The Bertz CT molecular complexity index is 1350. The SMILES string of the molecule is CC(C)(C)C(=O)N1CCN(CCCN(Cc2nccc3c2Cc2ccccc2-3)C2CCCc3cccnc32)CC1. The number of hydrogen-bond donors (Lipinski definition) is 0. The van der Waals surface area contributed by atoms with Gasteiger partial charge in [-0.3, -0.25) is 24.6 Å². The van der Waals surface area contributed by atoms with Crippen LogP contribution in [-0.2, 0) is 24.2 Å². The number of nitrogens with zero attached hydrogens (tertiary/aromatic N) is 5. The lowest BCUT2D eigenvalue weighted by atomic mass is 9.90. The molecule has 1 unspecified atom stereocenters. The van der Waals surface area contributed by atoms with Gasteiger partial charge in [-0.25, -0.2) is 0 Å². The van der Waals surface area contributed by atoms with Crippen molar-refractivity contribution in [1.29, 1.82) is 0 Å². The molecule has 210 valence electrons. The van der Waals surface area contributed by atoms with Gasteiger partial charge in [0.1, 0.15) is 0 Å². The molecular weight excluding hydrogens is 494 g/mol. The van der Waals surface area contributed by atoms with Crippen LogP contribution in [0.5, 0.6) is 0 Å². The van der Waals surface area contributed by atoms with E-state index in [1.165, 1.54) is 45.6 Å². The van der Waals surface area contributed by atoms with E-state index in [-0.39, 0.29) is 11.3 Å². The molecule has 1 atom stereocenters. The highest BCUT2D eigenvalue weighted by Gasteiger charge is 2.31.